The highest BCUT2D eigenvalue weighted by Crippen LogP contribution is 2.21. The lowest BCUT2D eigenvalue weighted by Crippen LogP contribution is -2.42. The fourth-order valence-corrected chi connectivity index (χ4v) is 2.37. The smallest absolute Gasteiger partial charge is 0.257 e. The second-order valence-electron chi connectivity index (χ2n) is 4.78. The van der Waals surface area contributed by atoms with Gasteiger partial charge in [-0.3, -0.25) is 4.79 Å². The van der Waals surface area contributed by atoms with Crippen LogP contribution >= 0.6 is 0 Å². The maximum atomic E-state index is 13.9. The van der Waals surface area contributed by atoms with Gasteiger partial charge in [-0.25, -0.2) is 4.39 Å². The third kappa shape index (κ3) is 2.33. The molecule has 0 radical (unpaired) electrons. The van der Waals surface area contributed by atoms with Gasteiger partial charge in [-0.1, -0.05) is 12.1 Å². The minimum atomic E-state index is -0.379. The van der Waals surface area contributed by atoms with E-state index in [0.717, 1.165) is 25.8 Å². The molecule has 1 unspecified atom stereocenters. The Balaban J connectivity index is 2.27. The summed E-state index contributed by atoms with van der Waals surface area (Å²) >= 11 is 0. The Morgan fingerprint density at radius 3 is 2.88 bits per heavy atom. The molecule has 1 aliphatic rings. The average molecular weight is 235 g/mol. The Hall–Kier alpha value is -1.38. The zero-order valence-electron chi connectivity index (χ0n) is 10.4. The van der Waals surface area contributed by atoms with Crippen molar-refractivity contribution in [2.45, 2.75) is 39.2 Å². The number of carbonyl (C=O) groups excluding carboxylic acids is 1. The van der Waals surface area contributed by atoms with E-state index in [1.807, 2.05) is 6.92 Å². The maximum Gasteiger partial charge on any atom is 0.257 e. The number of hydrogen-bond donors (Lipinski definition) is 0. The minimum Gasteiger partial charge on any atom is -0.336 e. The first-order chi connectivity index (χ1) is 8.11. The molecule has 1 saturated heterocycles. The molecule has 17 heavy (non-hydrogen) atoms. The van der Waals surface area contributed by atoms with E-state index in [1.165, 1.54) is 0 Å². The molecular weight excluding hydrogens is 217 g/mol. The van der Waals surface area contributed by atoms with Crippen LogP contribution in [0.15, 0.2) is 18.2 Å². The van der Waals surface area contributed by atoms with Crippen LogP contribution in [0.1, 0.15) is 42.1 Å². The van der Waals surface area contributed by atoms with E-state index in [1.54, 1.807) is 30.0 Å². The lowest BCUT2D eigenvalue weighted by molar-refractivity contribution is 0.0630. The first-order valence-electron chi connectivity index (χ1n) is 6.17. The monoisotopic (exact) mass is 235 g/mol. The van der Waals surface area contributed by atoms with Crippen LogP contribution in [0, 0.1) is 12.7 Å². The number of halogens is 1. The Morgan fingerprint density at radius 2 is 2.18 bits per heavy atom. The Bertz CT molecular complexity index is 430. The predicted molar refractivity (Wildman–Crippen MR) is 65.5 cm³/mol. The molecule has 0 bridgehead atoms. The standard InChI is InChI=1S/C14H18FNO/c1-10-6-5-8-12(13(10)15)14(17)16-9-4-3-7-11(16)2/h5-6,8,11H,3-4,7,9H2,1-2H3. The zero-order chi connectivity index (χ0) is 12.4. The van der Waals surface area contributed by atoms with Gasteiger partial charge < -0.3 is 4.90 Å². The first kappa shape index (κ1) is 12.1. The summed E-state index contributed by atoms with van der Waals surface area (Å²) in [5.41, 5.74) is 0.735. The second kappa shape index (κ2) is 4.86. The van der Waals surface area contributed by atoms with Gasteiger partial charge in [0, 0.05) is 12.6 Å². The van der Waals surface area contributed by atoms with Crippen molar-refractivity contribution in [3.63, 3.8) is 0 Å². The summed E-state index contributed by atoms with van der Waals surface area (Å²) in [6, 6.07) is 5.22. The molecule has 1 aliphatic heterocycles. The predicted octanol–water partition coefficient (Wildman–Crippen LogP) is 3.15. The van der Waals surface area contributed by atoms with Gasteiger partial charge in [-0.15, -0.1) is 0 Å². The van der Waals surface area contributed by atoms with Crippen LogP contribution < -0.4 is 0 Å². The van der Waals surface area contributed by atoms with Crippen molar-refractivity contribution >= 4 is 5.91 Å². The molecule has 0 aliphatic carbocycles. The molecule has 1 atom stereocenters. The number of benzene rings is 1. The molecule has 0 spiro atoms. The van der Waals surface area contributed by atoms with Crippen LogP contribution in [-0.2, 0) is 0 Å². The largest absolute Gasteiger partial charge is 0.336 e. The number of rotatable bonds is 1. The van der Waals surface area contributed by atoms with Crippen LogP contribution in [0.5, 0.6) is 0 Å². The van der Waals surface area contributed by atoms with E-state index < -0.39 is 0 Å². The molecule has 1 heterocycles. The highest BCUT2D eigenvalue weighted by molar-refractivity contribution is 5.95. The molecule has 0 saturated carbocycles. The summed E-state index contributed by atoms with van der Waals surface area (Å²) in [7, 11) is 0. The number of nitrogens with zero attached hydrogens (tertiary/aromatic N) is 1. The maximum absolute atomic E-state index is 13.9. The van der Waals surface area contributed by atoms with Gasteiger partial charge in [-0.05, 0) is 44.7 Å². The van der Waals surface area contributed by atoms with Crippen LogP contribution in [0.25, 0.3) is 0 Å². The summed E-state index contributed by atoms with van der Waals surface area (Å²) in [6.45, 7) is 4.46. The fourth-order valence-electron chi connectivity index (χ4n) is 2.37. The summed E-state index contributed by atoms with van der Waals surface area (Å²) in [6.07, 6.45) is 3.18. The van der Waals surface area contributed by atoms with E-state index >= 15 is 0 Å². The summed E-state index contributed by atoms with van der Waals surface area (Å²) in [4.78, 5) is 14.1. The highest BCUT2D eigenvalue weighted by atomic mass is 19.1. The van der Waals surface area contributed by atoms with Gasteiger partial charge in [0.2, 0.25) is 0 Å². The van der Waals surface area contributed by atoms with E-state index in [0.29, 0.717) is 5.56 Å². The molecule has 0 N–H and O–H groups in total. The molecule has 2 rings (SSSR count). The van der Waals surface area contributed by atoms with E-state index in [9.17, 15) is 9.18 Å². The molecule has 1 aromatic rings. The molecule has 92 valence electrons. The number of amides is 1. The summed E-state index contributed by atoms with van der Waals surface area (Å²) in [5.74, 6) is -0.548. The summed E-state index contributed by atoms with van der Waals surface area (Å²) < 4.78 is 13.9. The van der Waals surface area contributed by atoms with Gasteiger partial charge in [0.05, 0.1) is 5.56 Å². The second-order valence-corrected chi connectivity index (χ2v) is 4.78. The Labute approximate surface area is 101 Å². The lowest BCUT2D eigenvalue weighted by Gasteiger charge is -2.33. The van der Waals surface area contributed by atoms with Crippen LogP contribution in [0.2, 0.25) is 0 Å². The van der Waals surface area contributed by atoms with Crippen molar-refractivity contribution in [2.24, 2.45) is 0 Å². The summed E-state index contributed by atoms with van der Waals surface area (Å²) in [5, 5.41) is 0. The number of carbonyl (C=O) groups is 1. The van der Waals surface area contributed by atoms with Crippen LogP contribution in [-0.4, -0.2) is 23.4 Å². The number of likely N-dealkylation sites (tertiary alicyclic amines) is 1. The third-order valence-electron chi connectivity index (χ3n) is 3.49. The molecule has 2 nitrogen and oxygen atoms in total. The van der Waals surface area contributed by atoms with Gasteiger partial charge in [0.1, 0.15) is 5.82 Å². The van der Waals surface area contributed by atoms with E-state index in [2.05, 4.69) is 0 Å². The Morgan fingerprint density at radius 1 is 1.41 bits per heavy atom. The van der Waals surface area contributed by atoms with Gasteiger partial charge in [-0.2, -0.15) is 0 Å². The highest BCUT2D eigenvalue weighted by Gasteiger charge is 2.26. The fraction of sp³-hybridized carbons (Fsp3) is 0.500. The van der Waals surface area contributed by atoms with E-state index in [4.69, 9.17) is 0 Å². The van der Waals surface area contributed by atoms with Crippen molar-refractivity contribution in [3.05, 3.63) is 35.1 Å². The van der Waals surface area contributed by atoms with Crippen LogP contribution in [0.3, 0.4) is 0 Å². The Kier molecular flexibility index (Phi) is 3.46. The molecular formula is C14H18FNO. The van der Waals surface area contributed by atoms with Crippen molar-refractivity contribution in [3.8, 4) is 0 Å². The number of aryl methyl sites for hydroxylation is 1. The zero-order valence-corrected chi connectivity index (χ0v) is 10.4. The van der Waals surface area contributed by atoms with E-state index in [-0.39, 0.29) is 23.3 Å². The van der Waals surface area contributed by atoms with Crippen molar-refractivity contribution in [1.82, 2.24) is 4.90 Å². The molecule has 1 aromatic carbocycles. The first-order valence-corrected chi connectivity index (χ1v) is 6.17. The van der Waals surface area contributed by atoms with Gasteiger partial charge in [0.25, 0.3) is 5.91 Å². The number of hydrogen-bond acceptors (Lipinski definition) is 1. The quantitative estimate of drug-likeness (QED) is 0.732. The SMILES string of the molecule is Cc1cccc(C(=O)N2CCCCC2C)c1F. The third-order valence-corrected chi connectivity index (χ3v) is 3.49. The molecule has 1 amide bonds. The van der Waals surface area contributed by atoms with Gasteiger partial charge >= 0.3 is 0 Å². The minimum absolute atomic E-state index is 0.168. The van der Waals surface area contributed by atoms with Gasteiger partial charge in [0.15, 0.2) is 0 Å². The normalized spacial score (nSPS) is 20.4. The average Bonchev–Trinajstić information content (AvgIpc) is 2.32. The molecule has 3 heteroatoms. The van der Waals surface area contributed by atoms with Crippen LogP contribution in [0.4, 0.5) is 4.39 Å². The lowest BCUT2D eigenvalue weighted by atomic mass is 10.0. The van der Waals surface area contributed by atoms with Crippen molar-refractivity contribution < 1.29 is 9.18 Å². The van der Waals surface area contributed by atoms with Crippen molar-refractivity contribution in [2.75, 3.05) is 6.54 Å². The molecule has 0 aromatic heterocycles. The van der Waals surface area contributed by atoms with Crippen molar-refractivity contribution in [1.29, 1.82) is 0 Å². The number of piperidine rings is 1. The molecule has 1 fully saturated rings. The topological polar surface area (TPSA) is 20.3 Å².